The standard InChI is InChI=1S/C18H23NO4/c1-2-14(7-12-3-5-15(20)6-4-12)19-11-18(23)13-8-16(21)10-17(22)9-13/h3-6,8-10,14,18-23H,2,7,11H2,1H3/t14-,18-/m0/s1. The summed E-state index contributed by atoms with van der Waals surface area (Å²) in [5.74, 6) is 0.0965. The summed E-state index contributed by atoms with van der Waals surface area (Å²) in [6, 6.07) is 11.4. The molecule has 0 aromatic heterocycles. The molecule has 23 heavy (non-hydrogen) atoms. The monoisotopic (exact) mass is 317 g/mol. The molecule has 0 spiro atoms. The predicted molar refractivity (Wildman–Crippen MR) is 88.6 cm³/mol. The number of aliphatic hydroxyl groups excluding tert-OH is 1. The number of phenols is 3. The summed E-state index contributed by atoms with van der Waals surface area (Å²) in [5.41, 5.74) is 1.57. The van der Waals surface area contributed by atoms with Crippen LogP contribution >= 0.6 is 0 Å². The zero-order valence-corrected chi connectivity index (χ0v) is 13.1. The van der Waals surface area contributed by atoms with Crippen LogP contribution in [-0.2, 0) is 6.42 Å². The van der Waals surface area contributed by atoms with E-state index in [1.54, 1.807) is 12.1 Å². The van der Waals surface area contributed by atoms with E-state index in [0.717, 1.165) is 18.4 Å². The van der Waals surface area contributed by atoms with Crippen molar-refractivity contribution in [1.29, 1.82) is 0 Å². The number of benzene rings is 2. The van der Waals surface area contributed by atoms with Gasteiger partial charge in [0.1, 0.15) is 17.2 Å². The molecule has 0 amide bonds. The first kappa shape index (κ1) is 17.1. The second-order valence-corrected chi connectivity index (χ2v) is 5.68. The third kappa shape index (κ3) is 5.16. The lowest BCUT2D eigenvalue weighted by Crippen LogP contribution is -2.34. The van der Waals surface area contributed by atoms with Crippen molar-refractivity contribution in [3.63, 3.8) is 0 Å². The number of aliphatic hydroxyl groups is 1. The van der Waals surface area contributed by atoms with Crippen LogP contribution in [0.25, 0.3) is 0 Å². The maximum atomic E-state index is 10.2. The van der Waals surface area contributed by atoms with Crippen molar-refractivity contribution in [2.75, 3.05) is 6.54 Å². The van der Waals surface area contributed by atoms with Crippen molar-refractivity contribution >= 4 is 0 Å². The lowest BCUT2D eigenvalue weighted by molar-refractivity contribution is 0.168. The van der Waals surface area contributed by atoms with E-state index in [9.17, 15) is 20.4 Å². The van der Waals surface area contributed by atoms with Crippen molar-refractivity contribution in [1.82, 2.24) is 5.32 Å². The lowest BCUT2D eigenvalue weighted by Gasteiger charge is -2.20. The highest BCUT2D eigenvalue weighted by molar-refractivity contribution is 5.37. The molecule has 5 nitrogen and oxygen atoms in total. The van der Waals surface area contributed by atoms with Crippen LogP contribution in [0, 0.1) is 0 Å². The Hall–Kier alpha value is -2.24. The Morgan fingerprint density at radius 1 is 0.913 bits per heavy atom. The fourth-order valence-electron chi connectivity index (χ4n) is 2.48. The van der Waals surface area contributed by atoms with Crippen LogP contribution in [0.15, 0.2) is 42.5 Å². The van der Waals surface area contributed by atoms with E-state index < -0.39 is 6.10 Å². The molecule has 0 unspecified atom stereocenters. The number of aromatic hydroxyl groups is 3. The zero-order valence-electron chi connectivity index (χ0n) is 13.1. The van der Waals surface area contributed by atoms with Gasteiger partial charge >= 0.3 is 0 Å². The normalized spacial score (nSPS) is 13.7. The van der Waals surface area contributed by atoms with Gasteiger partial charge in [-0.2, -0.15) is 0 Å². The van der Waals surface area contributed by atoms with Crippen LogP contribution < -0.4 is 5.32 Å². The highest BCUT2D eigenvalue weighted by Crippen LogP contribution is 2.24. The van der Waals surface area contributed by atoms with E-state index in [0.29, 0.717) is 12.1 Å². The minimum atomic E-state index is -0.818. The Balaban J connectivity index is 1.92. The maximum absolute atomic E-state index is 10.2. The summed E-state index contributed by atoms with van der Waals surface area (Å²) < 4.78 is 0. The van der Waals surface area contributed by atoms with Gasteiger partial charge in [0.25, 0.3) is 0 Å². The third-order valence-corrected chi connectivity index (χ3v) is 3.82. The molecule has 0 fully saturated rings. The Bertz CT molecular complexity index is 607. The van der Waals surface area contributed by atoms with Gasteiger partial charge in [-0.05, 0) is 48.2 Å². The van der Waals surface area contributed by atoms with Crippen molar-refractivity contribution in [2.45, 2.75) is 31.9 Å². The number of phenolic OH excluding ortho intramolecular Hbond substituents is 3. The van der Waals surface area contributed by atoms with E-state index >= 15 is 0 Å². The van der Waals surface area contributed by atoms with Gasteiger partial charge in [0.05, 0.1) is 6.10 Å². The second-order valence-electron chi connectivity index (χ2n) is 5.68. The van der Waals surface area contributed by atoms with Gasteiger partial charge in [0.15, 0.2) is 0 Å². The van der Waals surface area contributed by atoms with Crippen molar-refractivity contribution < 1.29 is 20.4 Å². The van der Waals surface area contributed by atoms with E-state index in [2.05, 4.69) is 12.2 Å². The second kappa shape index (κ2) is 7.85. The van der Waals surface area contributed by atoms with Crippen molar-refractivity contribution in [3.05, 3.63) is 53.6 Å². The number of hydrogen-bond acceptors (Lipinski definition) is 5. The minimum absolute atomic E-state index is 0.0739. The van der Waals surface area contributed by atoms with Crippen LogP contribution in [0.2, 0.25) is 0 Å². The predicted octanol–water partition coefficient (Wildman–Crippen LogP) is 2.45. The smallest absolute Gasteiger partial charge is 0.119 e. The van der Waals surface area contributed by atoms with Gasteiger partial charge in [-0.15, -0.1) is 0 Å². The van der Waals surface area contributed by atoms with Gasteiger partial charge in [-0.3, -0.25) is 0 Å². The van der Waals surface area contributed by atoms with Crippen LogP contribution in [0.3, 0.4) is 0 Å². The van der Waals surface area contributed by atoms with E-state index in [1.807, 2.05) is 12.1 Å². The SMILES string of the molecule is CC[C@@H](Cc1ccc(O)cc1)NC[C@H](O)c1cc(O)cc(O)c1. The molecule has 0 aliphatic carbocycles. The molecule has 0 aliphatic heterocycles. The summed E-state index contributed by atoms with van der Waals surface area (Å²) in [7, 11) is 0. The first-order valence-corrected chi connectivity index (χ1v) is 7.70. The van der Waals surface area contributed by atoms with Gasteiger partial charge in [-0.25, -0.2) is 0 Å². The maximum Gasteiger partial charge on any atom is 0.119 e. The third-order valence-electron chi connectivity index (χ3n) is 3.82. The van der Waals surface area contributed by atoms with E-state index in [4.69, 9.17) is 0 Å². The topological polar surface area (TPSA) is 93.0 Å². The van der Waals surface area contributed by atoms with Gasteiger partial charge < -0.3 is 25.7 Å². The van der Waals surface area contributed by atoms with Crippen LogP contribution in [-0.4, -0.2) is 33.0 Å². The van der Waals surface area contributed by atoms with Gasteiger partial charge in [0, 0.05) is 18.7 Å². The highest BCUT2D eigenvalue weighted by atomic mass is 16.3. The molecule has 124 valence electrons. The lowest BCUT2D eigenvalue weighted by atomic mass is 10.0. The largest absolute Gasteiger partial charge is 0.508 e. The summed E-state index contributed by atoms with van der Waals surface area (Å²) in [5, 5.41) is 41.7. The molecule has 0 heterocycles. The Labute approximate surface area is 135 Å². The Morgan fingerprint density at radius 2 is 1.52 bits per heavy atom. The summed E-state index contributed by atoms with van der Waals surface area (Å²) in [4.78, 5) is 0. The number of nitrogens with one attached hydrogen (secondary N) is 1. The quantitative estimate of drug-likeness (QED) is 0.541. The number of rotatable bonds is 7. The molecule has 0 bridgehead atoms. The average molecular weight is 317 g/mol. The molecule has 2 atom stereocenters. The van der Waals surface area contributed by atoms with Gasteiger partial charge in [0.2, 0.25) is 0 Å². The zero-order chi connectivity index (χ0) is 16.8. The molecule has 0 radical (unpaired) electrons. The summed E-state index contributed by atoms with van der Waals surface area (Å²) >= 11 is 0. The molecule has 0 aliphatic rings. The Morgan fingerprint density at radius 3 is 2.09 bits per heavy atom. The molecular formula is C18H23NO4. The van der Waals surface area contributed by atoms with Crippen LogP contribution in [0.5, 0.6) is 17.2 Å². The number of hydrogen-bond donors (Lipinski definition) is 5. The molecule has 5 N–H and O–H groups in total. The molecule has 0 saturated carbocycles. The minimum Gasteiger partial charge on any atom is -0.508 e. The molecule has 2 aromatic carbocycles. The van der Waals surface area contributed by atoms with Crippen LogP contribution in [0.4, 0.5) is 0 Å². The fourth-order valence-corrected chi connectivity index (χ4v) is 2.48. The van der Waals surface area contributed by atoms with Crippen molar-refractivity contribution in [3.8, 4) is 17.2 Å². The average Bonchev–Trinajstić information content (AvgIpc) is 2.52. The molecule has 0 saturated heterocycles. The van der Waals surface area contributed by atoms with Gasteiger partial charge in [-0.1, -0.05) is 19.1 Å². The van der Waals surface area contributed by atoms with E-state index in [-0.39, 0.29) is 23.3 Å². The first-order chi connectivity index (χ1) is 11.0. The molecule has 5 heteroatoms. The summed E-state index contributed by atoms with van der Waals surface area (Å²) in [6.45, 7) is 2.38. The molecule has 2 aromatic rings. The highest BCUT2D eigenvalue weighted by Gasteiger charge is 2.13. The first-order valence-electron chi connectivity index (χ1n) is 7.70. The van der Waals surface area contributed by atoms with Crippen molar-refractivity contribution in [2.24, 2.45) is 0 Å². The van der Waals surface area contributed by atoms with Crippen LogP contribution in [0.1, 0.15) is 30.6 Å². The van der Waals surface area contributed by atoms with E-state index in [1.165, 1.54) is 18.2 Å². The summed E-state index contributed by atoms with van der Waals surface area (Å²) in [6.07, 6.45) is 0.857. The Kier molecular flexibility index (Phi) is 5.84. The molecular weight excluding hydrogens is 294 g/mol. The fraction of sp³-hybridized carbons (Fsp3) is 0.333. The molecule has 2 rings (SSSR count).